The van der Waals surface area contributed by atoms with Gasteiger partial charge < -0.3 is 4.90 Å². The minimum atomic E-state index is 0.210. The first kappa shape index (κ1) is 9.72. The fourth-order valence-electron chi connectivity index (χ4n) is 1.87. The molecule has 12 heavy (non-hydrogen) atoms. The molecule has 0 aromatic carbocycles. The molecule has 1 atom stereocenters. The first-order chi connectivity index (χ1) is 5.61. The molecule has 2 heteroatoms. The van der Waals surface area contributed by atoms with Crippen LogP contribution in [0.25, 0.3) is 0 Å². The van der Waals surface area contributed by atoms with Gasteiger partial charge in [-0.2, -0.15) is 0 Å². The molecule has 1 unspecified atom stereocenters. The number of Topliss-reactive ketones (excluding diaryl/α,β-unsaturated/α-hetero) is 1. The Labute approximate surface area is 74.9 Å². The summed E-state index contributed by atoms with van der Waals surface area (Å²) >= 11 is 0. The van der Waals surface area contributed by atoms with Gasteiger partial charge in [0, 0.05) is 18.4 Å². The quantitative estimate of drug-likeness (QED) is 0.625. The molecule has 0 bridgehead atoms. The molecule has 1 fully saturated rings. The van der Waals surface area contributed by atoms with Crippen molar-refractivity contribution in [2.24, 2.45) is 11.8 Å². The van der Waals surface area contributed by atoms with Crippen LogP contribution in [0.3, 0.4) is 0 Å². The highest BCUT2D eigenvalue weighted by Crippen LogP contribution is 2.18. The van der Waals surface area contributed by atoms with Crippen LogP contribution in [0.2, 0.25) is 0 Å². The maximum absolute atomic E-state index is 11.6. The summed E-state index contributed by atoms with van der Waals surface area (Å²) < 4.78 is 0. The van der Waals surface area contributed by atoms with E-state index in [0.717, 1.165) is 19.5 Å². The molecule has 0 aromatic heterocycles. The lowest BCUT2D eigenvalue weighted by Crippen LogP contribution is -2.37. The van der Waals surface area contributed by atoms with E-state index in [-0.39, 0.29) is 5.92 Å². The van der Waals surface area contributed by atoms with Crippen molar-refractivity contribution in [1.82, 2.24) is 4.90 Å². The van der Waals surface area contributed by atoms with Gasteiger partial charge in [0.2, 0.25) is 0 Å². The minimum Gasteiger partial charge on any atom is -0.306 e. The molecule has 0 aromatic rings. The average Bonchev–Trinajstić information content (AvgIpc) is 2.03. The third kappa shape index (κ3) is 2.31. The summed E-state index contributed by atoms with van der Waals surface area (Å²) in [4.78, 5) is 13.9. The van der Waals surface area contributed by atoms with Crippen molar-refractivity contribution < 1.29 is 4.79 Å². The summed E-state index contributed by atoms with van der Waals surface area (Å²) in [6, 6.07) is 0. The fourth-order valence-corrected chi connectivity index (χ4v) is 1.87. The Morgan fingerprint density at radius 1 is 1.50 bits per heavy atom. The molecule has 0 spiro atoms. The van der Waals surface area contributed by atoms with Crippen molar-refractivity contribution in [3.05, 3.63) is 0 Å². The smallest absolute Gasteiger partial charge is 0.139 e. The van der Waals surface area contributed by atoms with Crippen LogP contribution in [0.4, 0.5) is 0 Å². The van der Waals surface area contributed by atoms with Crippen molar-refractivity contribution in [3.8, 4) is 0 Å². The molecular weight excluding hydrogens is 150 g/mol. The van der Waals surface area contributed by atoms with E-state index in [4.69, 9.17) is 0 Å². The summed E-state index contributed by atoms with van der Waals surface area (Å²) in [6.45, 7) is 6.12. The number of nitrogens with zero attached hydrogens (tertiary/aromatic N) is 1. The fraction of sp³-hybridized carbons (Fsp3) is 0.900. The molecule has 1 heterocycles. The van der Waals surface area contributed by atoms with E-state index in [9.17, 15) is 4.79 Å². The van der Waals surface area contributed by atoms with Crippen LogP contribution >= 0.6 is 0 Å². The van der Waals surface area contributed by atoms with Gasteiger partial charge in [-0.3, -0.25) is 4.79 Å². The zero-order chi connectivity index (χ0) is 9.14. The zero-order valence-corrected chi connectivity index (χ0v) is 8.34. The summed E-state index contributed by atoms with van der Waals surface area (Å²) in [5.74, 6) is 0.965. The molecule has 1 aliphatic rings. The molecule has 2 nitrogen and oxygen atoms in total. The first-order valence-corrected chi connectivity index (χ1v) is 4.83. The highest BCUT2D eigenvalue weighted by atomic mass is 16.1. The van der Waals surface area contributed by atoms with Crippen molar-refractivity contribution in [2.75, 3.05) is 20.1 Å². The van der Waals surface area contributed by atoms with E-state index in [1.54, 1.807) is 0 Å². The van der Waals surface area contributed by atoms with Gasteiger partial charge in [-0.05, 0) is 26.4 Å². The molecule has 0 N–H and O–H groups in total. The predicted octanol–water partition coefficient (Wildman–Crippen LogP) is 1.55. The Hall–Kier alpha value is -0.370. The van der Waals surface area contributed by atoms with Crippen LogP contribution in [-0.2, 0) is 4.79 Å². The number of likely N-dealkylation sites (tertiary alicyclic amines) is 1. The van der Waals surface area contributed by atoms with Gasteiger partial charge in [0.05, 0.1) is 0 Å². The van der Waals surface area contributed by atoms with Gasteiger partial charge in [0.15, 0.2) is 0 Å². The second kappa shape index (κ2) is 4.04. The molecule has 1 rings (SSSR count). The Morgan fingerprint density at radius 2 is 2.17 bits per heavy atom. The van der Waals surface area contributed by atoms with E-state index >= 15 is 0 Å². The predicted molar refractivity (Wildman–Crippen MR) is 50.1 cm³/mol. The van der Waals surface area contributed by atoms with Gasteiger partial charge >= 0.3 is 0 Å². The molecule has 1 saturated heterocycles. The SMILES string of the molecule is CC(C)C(=O)C1CCCN(C)C1. The summed E-state index contributed by atoms with van der Waals surface area (Å²) in [6.07, 6.45) is 2.28. The molecule has 1 aliphatic heterocycles. The van der Waals surface area contributed by atoms with E-state index in [1.165, 1.54) is 6.42 Å². The number of hydrogen-bond acceptors (Lipinski definition) is 2. The maximum Gasteiger partial charge on any atom is 0.139 e. The van der Waals surface area contributed by atoms with Gasteiger partial charge in [0.1, 0.15) is 5.78 Å². The highest BCUT2D eigenvalue weighted by molar-refractivity contribution is 5.83. The van der Waals surface area contributed by atoms with E-state index in [1.807, 2.05) is 13.8 Å². The van der Waals surface area contributed by atoms with Crippen LogP contribution < -0.4 is 0 Å². The molecule has 0 amide bonds. The monoisotopic (exact) mass is 169 g/mol. The highest BCUT2D eigenvalue weighted by Gasteiger charge is 2.25. The lowest BCUT2D eigenvalue weighted by molar-refractivity contribution is -0.127. The lowest BCUT2D eigenvalue weighted by atomic mass is 9.88. The summed E-state index contributed by atoms with van der Waals surface area (Å²) in [5.41, 5.74) is 0. The number of carbonyl (C=O) groups excluding carboxylic acids is 1. The van der Waals surface area contributed by atoms with E-state index in [0.29, 0.717) is 11.7 Å². The standard InChI is InChI=1S/C10H19NO/c1-8(2)10(12)9-5-4-6-11(3)7-9/h8-9H,4-7H2,1-3H3. The minimum absolute atomic E-state index is 0.210. The molecular formula is C10H19NO. The topological polar surface area (TPSA) is 20.3 Å². The van der Waals surface area contributed by atoms with Gasteiger partial charge in [-0.25, -0.2) is 0 Å². The number of carbonyl (C=O) groups is 1. The molecule has 0 radical (unpaired) electrons. The van der Waals surface area contributed by atoms with Crippen molar-refractivity contribution in [3.63, 3.8) is 0 Å². The lowest BCUT2D eigenvalue weighted by Gasteiger charge is -2.29. The van der Waals surface area contributed by atoms with Crippen LogP contribution in [0.15, 0.2) is 0 Å². The normalized spacial score (nSPS) is 26.2. The molecule has 0 aliphatic carbocycles. The van der Waals surface area contributed by atoms with E-state index in [2.05, 4.69) is 11.9 Å². The number of ketones is 1. The van der Waals surface area contributed by atoms with Gasteiger partial charge in [-0.1, -0.05) is 13.8 Å². The molecule has 0 saturated carbocycles. The van der Waals surface area contributed by atoms with Crippen LogP contribution in [-0.4, -0.2) is 30.8 Å². The average molecular weight is 169 g/mol. The first-order valence-electron chi connectivity index (χ1n) is 4.83. The van der Waals surface area contributed by atoms with Gasteiger partial charge in [0.25, 0.3) is 0 Å². The third-order valence-electron chi connectivity index (χ3n) is 2.60. The number of hydrogen-bond donors (Lipinski definition) is 0. The summed E-state index contributed by atoms with van der Waals surface area (Å²) in [5, 5.41) is 0. The second-order valence-corrected chi connectivity index (χ2v) is 4.16. The van der Waals surface area contributed by atoms with Crippen LogP contribution in [0.1, 0.15) is 26.7 Å². The van der Waals surface area contributed by atoms with Crippen LogP contribution in [0, 0.1) is 11.8 Å². The zero-order valence-electron chi connectivity index (χ0n) is 8.34. The number of rotatable bonds is 2. The van der Waals surface area contributed by atoms with Gasteiger partial charge in [-0.15, -0.1) is 0 Å². The van der Waals surface area contributed by atoms with E-state index < -0.39 is 0 Å². The van der Waals surface area contributed by atoms with Crippen molar-refractivity contribution in [1.29, 1.82) is 0 Å². The molecule has 70 valence electrons. The maximum atomic E-state index is 11.6. The second-order valence-electron chi connectivity index (χ2n) is 4.16. The third-order valence-corrected chi connectivity index (χ3v) is 2.60. The number of piperidine rings is 1. The summed E-state index contributed by atoms with van der Waals surface area (Å²) in [7, 11) is 2.10. The van der Waals surface area contributed by atoms with Crippen molar-refractivity contribution in [2.45, 2.75) is 26.7 Å². The van der Waals surface area contributed by atoms with Crippen molar-refractivity contribution >= 4 is 5.78 Å². The Morgan fingerprint density at radius 3 is 2.67 bits per heavy atom. The Bertz CT molecular complexity index is 165. The van der Waals surface area contributed by atoms with Crippen LogP contribution in [0.5, 0.6) is 0 Å². The Kier molecular flexibility index (Phi) is 3.27. The largest absolute Gasteiger partial charge is 0.306 e. The Balaban J connectivity index is 2.46.